The van der Waals surface area contributed by atoms with Crippen molar-refractivity contribution >= 4 is 16.2 Å². The van der Waals surface area contributed by atoms with E-state index in [2.05, 4.69) is 9.02 Å². The van der Waals surface area contributed by atoms with Crippen molar-refractivity contribution in [3.8, 4) is 0 Å². The van der Waals surface area contributed by atoms with Gasteiger partial charge in [0.05, 0.1) is 10.5 Å². The normalized spacial score (nSPS) is 13.4. The lowest BCUT2D eigenvalue weighted by atomic mass is 10.2. The molecule has 0 heterocycles. The second kappa shape index (κ2) is 6.95. The van der Waals surface area contributed by atoms with Gasteiger partial charge in [-0.05, 0) is 45.0 Å². The molecular weight excluding hydrogens is 396 g/mol. The van der Waals surface area contributed by atoms with Crippen LogP contribution in [0.15, 0.2) is 29.2 Å². The molecule has 1 aromatic rings. The number of ether oxygens (including phenoxy) is 1. The number of hydrogen-bond donors (Lipinski definition) is 0. The standard InChI is InChI=1S/C13H13F6NO5S/c1-11(2,3)24-10(21)20(13(17,18)19)25-26(22,23)9-6-4-8(5-7-9)12(14,15)16/h4-7H,1-3H3. The quantitative estimate of drug-likeness (QED) is 0.427. The third kappa shape index (κ3) is 6.05. The van der Waals surface area contributed by atoms with Gasteiger partial charge in [0.2, 0.25) is 0 Å². The molecule has 0 radical (unpaired) electrons. The molecule has 0 aromatic heterocycles. The van der Waals surface area contributed by atoms with Crippen LogP contribution in [0.25, 0.3) is 0 Å². The number of amides is 1. The third-order valence-corrected chi connectivity index (χ3v) is 3.63. The van der Waals surface area contributed by atoms with Crippen LogP contribution in [-0.2, 0) is 25.3 Å². The zero-order chi connectivity index (χ0) is 20.6. The SMILES string of the molecule is CC(C)(C)OC(=O)N(OS(=O)(=O)c1ccc(C(F)(F)F)cc1)C(F)(F)F. The van der Waals surface area contributed by atoms with Gasteiger partial charge in [-0.25, -0.2) is 4.79 Å². The van der Waals surface area contributed by atoms with Crippen molar-refractivity contribution in [1.29, 1.82) is 0 Å². The fraction of sp³-hybridized carbons (Fsp3) is 0.462. The van der Waals surface area contributed by atoms with Crippen LogP contribution in [0, 0.1) is 0 Å². The molecule has 0 saturated heterocycles. The molecular formula is C13H13F6NO5S. The zero-order valence-corrected chi connectivity index (χ0v) is 14.3. The molecule has 1 aromatic carbocycles. The minimum atomic E-state index is -5.60. The Hall–Kier alpha value is -2.02. The molecule has 1 amide bonds. The van der Waals surface area contributed by atoms with Gasteiger partial charge < -0.3 is 4.74 Å². The van der Waals surface area contributed by atoms with E-state index in [0.717, 1.165) is 0 Å². The lowest BCUT2D eigenvalue weighted by Crippen LogP contribution is -2.46. The number of carbonyl (C=O) groups excluding carboxylic acids is 1. The summed E-state index contributed by atoms with van der Waals surface area (Å²) >= 11 is 0. The highest BCUT2D eigenvalue weighted by Crippen LogP contribution is 2.31. The van der Waals surface area contributed by atoms with Crippen molar-refractivity contribution < 1.29 is 48.6 Å². The Morgan fingerprint density at radius 2 is 1.42 bits per heavy atom. The maximum atomic E-state index is 12.9. The van der Waals surface area contributed by atoms with Gasteiger partial charge in [-0.1, -0.05) is 5.06 Å². The number of halogens is 6. The molecule has 0 saturated carbocycles. The first-order valence-corrected chi connectivity index (χ1v) is 8.06. The van der Waals surface area contributed by atoms with Crippen molar-refractivity contribution in [2.24, 2.45) is 0 Å². The average Bonchev–Trinajstić information content (AvgIpc) is 2.41. The summed E-state index contributed by atoms with van der Waals surface area (Å²) in [4.78, 5) is 10.5. The summed E-state index contributed by atoms with van der Waals surface area (Å²) in [7, 11) is -5.27. The van der Waals surface area contributed by atoms with Crippen LogP contribution in [0.4, 0.5) is 31.1 Å². The molecule has 0 unspecified atom stereocenters. The maximum Gasteiger partial charge on any atom is 0.514 e. The second-order valence-electron chi connectivity index (χ2n) is 5.79. The first kappa shape index (κ1) is 22.0. The van der Waals surface area contributed by atoms with Crippen LogP contribution in [0.2, 0.25) is 0 Å². The Bertz CT molecular complexity index is 749. The number of hydrogen-bond acceptors (Lipinski definition) is 5. The maximum absolute atomic E-state index is 12.9. The summed E-state index contributed by atoms with van der Waals surface area (Å²) in [6.45, 7) is 3.68. The van der Waals surface area contributed by atoms with E-state index >= 15 is 0 Å². The molecule has 0 atom stereocenters. The van der Waals surface area contributed by atoms with Gasteiger partial charge in [-0.2, -0.15) is 21.6 Å². The third-order valence-electron chi connectivity index (χ3n) is 2.43. The predicted octanol–water partition coefficient (Wildman–Crippen LogP) is 4.08. The monoisotopic (exact) mass is 409 g/mol. The van der Waals surface area contributed by atoms with E-state index in [1.807, 2.05) is 0 Å². The lowest BCUT2D eigenvalue weighted by Gasteiger charge is -2.26. The van der Waals surface area contributed by atoms with Gasteiger partial charge in [-0.3, -0.25) is 0 Å². The van der Waals surface area contributed by atoms with Gasteiger partial charge in [0.1, 0.15) is 5.60 Å². The van der Waals surface area contributed by atoms with Gasteiger partial charge in [0, 0.05) is 0 Å². The molecule has 26 heavy (non-hydrogen) atoms. The van der Waals surface area contributed by atoms with E-state index in [-0.39, 0.29) is 0 Å². The summed E-state index contributed by atoms with van der Waals surface area (Å²) in [5.41, 5.74) is -2.63. The van der Waals surface area contributed by atoms with Gasteiger partial charge in [-0.15, -0.1) is 17.5 Å². The fourth-order valence-corrected chi connectivity index (χ4v) is 2.33. The molecule has 1 rings (SSSR count). The molecule has 0 aliphatic rings. The van der Waals surface area contributed by atoms with Crippen molar-refractivity contribution in [2.75, 3.05) is 0 Å². The smallest absolute Gasteiger partial charge is 0.442 e. The Morgan fingerprint density at radius 1 is 0.962 bits per heavy atom. The van der Waals surface area contributed by atoms with Crippen LogP contribution in [0.3, 0.4) is 0 Å². The molecule has 0 N–H and O–H groups in total. The second-order valence-corrected chi connectivity index (χ2v) is 7.32. The number of alkyl halides is 6. The molecule has 0 bridgehead atoms. The minimum absolute atomic E-state index is 0.335. The van der Waals surface area contributed by atoms with Gasteiger partial charge in [0.15, 0.2) is 0 Å². The Morgan fingerprint density at radius 3 is 1.77 bits per heavy atom. The van der Waals surface area contributed by atoms with E-state index < -0.39 is 49.8 Å². The molecule has 13 heteroatoms. The van der Waals surface area contributed by atoms with Crippen molar-refractivity contribution in [3.05, 3.63) is 29.8 Å². The largest absolute Gasteiger partial charge is 0.514 e. The number of benzene rings is 1. The summed E-state index contributed by atoms with van der Waals surface area (Å²) in [6.07, 6.45) is -12.5. The van der Waals surface area contributed by atoms with E-state index in [1.165, 1.54) is 20.8 Å². The van der Waals surface area contributed by atoms with E-state index in [9.17, 15) is 39.6 Å². The van der Waals surface area contributed by atoms with E-state index in [4.69, 9.17) is 0 Å². The highest BCUT2D eigenvalue weighted by atomic mass is 32.2. The molecule has 6 nitrogen and oxygen atoms in total. The first-order valence-electron chi connectivity index (χ1n) is 6.65. The Balaban J connectivity index is 3.15. The van der Waals surface area contributed by atoms with Crippen LogP contribution in [0.5, 0.6) is 0 Å². The van der Waals surface area contributed by atoms with Crippen LogP contribution in [0.1, 0.15) is 26.3 Å². The fourth-order valence-electron chi connectivity index (χ4n) is 1.43. The molecule has 0 spiro atoms. The zero-order valence-electron chi connectivity index (χ0n) is 13.5. The highest BCUT2D eigenvalue weighted by molar-refractivity contribution is 7.86. The number of nitrogens with zero attached hydrogens (tertiary/aromatic N) is 1. The Labute approximate surface area is 144 Å². The molecule has 0 aliphatic carbocycles. The van der Waals surface area contributed by atoms with Gasteiger partial charge in [0.25, 0.3) is 0 Å². The minimum Gasteiger partial charge on any atom is -0.442 e. The van der Waals surface area contributed by atoms with Crippen molar-refractivity contribution in [1.82, 2.24) is 5.06 Å². The number of rotatable bonds is 3. The van der Waals surface area contributed by atoms with Gasteiger partial charge >= 0.3 is 28.7 Å². The Kier molecular flexibility index (Phi) is 5.88. The number of carbonyl (C=O) groups is 1. The highest BCUT2D eigenvalue weighted by Gasteiger charge is 2.48. The van der Waals surface area contributed by atoms with Crippen molar-refractivity contribution in [3.63, 3.8) is 0 Å². The van der Waals surface area contributed by atoms with E-state index in [0.29, 0.717) is 24.3 Å². The topological polar surface area (TPSA) is 72.9 Å². The average molecular weight is 409 g/mol. The lowest BCUT2D eigenvalue weighted by molar-refractivity contribution is -0.314. The summed E-state index contributed by atoms with van der Waals surface area (Å²) < 4.78 is 108. The first-order chi connectivity index (χ1) is 11.4. The number of hydroxylamine groups is 2. The summed E-state index contributed by atoms with van der Waals surface area (Å²) in [5, 5.41) is -1.47. The molecule has 148 valence electrons. The van der Waals surface area contributed by atoms with E-state index in [1.54, 1.807) is 0 Å². The molecule has 0 aliphatic heterocycles. The predicted molar refractivity (Wildman–Crippen MR) is 73.8 cm³/mol. The molecule has 0 fully saturated rings. The summed E-state index contributed by atoms with van der Waals surface area (Å²) in [5.74, 6) is 0. The van der Waals surface area contributed by atoms with Crippen molar-refractivity contribution in [2.45, 2.75) is 43.7 Å². The summed E-state index contributed by atoms with van der Waals surface area (Å²) in [6, 6.07) is 1.45. The van der Waals surface area contributed by atoms with Crippen LogP contribution < -0.4 is 0 Å². The van der Waals surface area contributed by atoms with Crippen LogP contribution >= 0.6 is 0 Å². The van der Waals surface area contributed by atoms with Crippen LogP contribution in [-0.4, -0.2) is 31.5 Å².